The van der Waals surface area contributed by atoms with Crippen LogP contribution in [0.3, 0.4) is 0 Å². The lowest BCUT2D eigenvalue weighted by Crippen LogP contribution is -2.32. The second kappa shape index (κ2) is 4.55. The van der Waals surface area contributed by atoms with Crippen molar-refractivity contribution in [1.82, 2.24) is 9.66 Å². The number of para-hydroxylation sites is 1. The van der Waals surface area contributed by atoms with Crippen molar-refractivity contribution in [1.29, 1.82) is 0 Å². The molecule has 0 aliphatic heterocycles. The summed E-state index contributed by atoms with van der Waals surface area (Å²) >= 11 is 0. The molecule has 1 heterocycles. The van der Waals surface area contributed by atoms with Gasteiger partial charge in [-0.2, -0.15) is 0 Å². The van der Waals surface area contributed by atoms with E-state index in [4.69, 9.17) is 4.74 Å². The van der Waals surface area contributed by atoms with Gasteiger partial charge in [0.05, 0.1) is 10.9 Å². The lowest BCUT2D eigenvalue weighted by Gasteiger charge is -2.16. The number of hydrogen-bond acceptors (Lipinski definition) is 4. The summed E-state index contributed by atoms with van der Waals surface area (Å²) in [7, 11) is 3.27. The number of ether oxygens (including phenoxy) is 1. The summed E-state index contributed by atoms with van der Waals surface area (Å²) in [5, 5.41) is 0.592. The molecular weight excluding hydrogens is 218 g/mol. The fourth-order valence-corrected chi connectivity index (χ4v) is 1.74. The van der Waals surface area contributed by atoms with E-state index in [0.29, 0.717) is 16.7 Å². The van der Waals surface area contributed by atoms with Crippen LogP contribution in [0, 0.1) is 0 Å². The Morgan fingerprint density at radius 1 is 1.41 bits per heavy atom. The van der Waals surface area contributed by atoms with E-state index in [1.54, 1.807) is 20.2 Å². The van der Waals surface area contributed by atoms with E-state index < -0.39 is 0 Å². The molecule has 0 spiro atoms. The van der Waals surface area contributed by atoms with Gasteiger partial charge < -0.3 is 10.2 Å². The molecule has 0 aliphatic rings. The summed E-state index contributed by atoms with van der Waals surface area (Å²) in [5.74, 6) is 0.568. The van der Waals surface area contributed by atoms with Crippen LogP contribution >= 0.6 is 0 Å². The van der Waals surface area contributed by atoms with E-state index >= 15 is 0 Å². The Morgan fingerprint density at radius 3 is 2.76 bits per heavy atom. The van der Waals surface area contributed by atoms with Crippen LogP contribution in [-0.4, -0.2) is 23.8 Å². The van der Waals surface area contributed by atoms with Crippen LogP contribution in [0.25, 0.3) is 10.9 Å². The number of rotatable bonds is 3. The van der Waals surface area contributed by atoms with Gasteiger partial charge in [-0.3, -0.25) is 4.79 Å². The molecule has 17 heavy (non-hydrogen) atoms. The van der Waals surface area contributed by atoms with Crippen LogP contribution in [0.1, 0.15) is 18.9 Å². The van der Waals surface area contributed by atoms with Crippen LogP contribution in [0.5, 0.6) is 0 Å². The monoisotopic (exact) mass is 233 g/mol. The molecule has 0 amide bonds. The Bertz CT molecular complexity index is 592. The van der Waals surface area contributed by atoms with Gasteiger partial charge in [0, 0.05) is 14.2 Å². The van der Waals surface area contributed by atoms with E-state index in [0.717, 1.165) is 0 Å². The molecule has 0 unspecified atom stereocenters. The van der Waals surface area contributed by atoms with Crippen LogP contribution in [0.4, 0.5) is 0 Å². The zero-order valence-corrected chi connectivity index (χ0v) is 10.1. The summed E-state index contributed by atoms with van der Waals surface area (Å²) in [6.07, 6.45) is -0.250. The van der Waals surface area contributed by atoms with E-state index in [1.165, 1.54) is 4.68 Å². The van der Waals surface area contributed by atoms with Gasteiger partial charge in [-0.25, -0.2) is 9.66 Å². The Balaban J connectivity index is 2.80. The Hall–Kier alpha value is -1.88. The number of nitrogens with one attached hydrogen (secondary N) is 1. The topological polar surface area (TPSA) is 56.1 Å². The van der Waals surface area contributed by atoms with Gasteiger partial charge in [0.2, 0.25) is 0 Å². The van der Waals surface area contributed by atoms with Crippen molar-refractivity contribution in [2.45, 2.75) is 13.0 Å². The average Bonchev–Trinajstić information content (AvgIpc) is 2.37. The minimum Gasteiger partial charge on any atom is -0.374 e. The second-order valence-corrected chi connectivity index (χ2v) is 3.73. The van der Waals surface area contributed by atoms with Gasteiger partial charge in [0.25, 0.3) is 5.56 Å². The highest BCUT2D eigenvalue weighted by molar-refractivity contribution is 5.77. The molecule has 0 radical (unpaired) electrons. The first kappa shape index (κ1) is 11.6. The highest BCUT2D eigenvalue weighted by atomic mass is 16.5. The number of benzene rings is 1. The molecule has 0 saturated carbocycles. The summed E-state index contributed by atoms with van der Waals surface area (Å²) < 4.78 is 6.63. The zero-order chi connectivity index (χ0) is 12.4. The van der Waals surface area contributed by atoms with Crippen molar-refractivity contribution in [3.63, 3.8) is 0 Å². The van der Waals surface area contributed by atoms with E-state index in [2.05, 4.69) is 10.4 Å². The predicted molar refractivity (Wildman–Crippen MR) is 66.7 cm³/mol. The third-order valence-corrected chi connectivity index (χ3v) is 2.74. The molecule has 2 rings (SSSR count). The fourth-order valence-electron chi connectivity index (χ4n) is 1.74. The molecule has 1 aromatic heterocycles. The third-order valence-electron chi connectivity index (χ3n) is 2.74. The second-order valence-electron chi connectivity index (χ2n) is 3.73. The highest BCUT2D eigenvalue weighted by Gasteiger charge is 2.14. The first-order chi connectivity index (χ1) is 8.19. The highest BCUT2D eigenvalue weighted by Crippen LogP contribution is 2.14. The molecule has 5 nitrogen and oxygen atoms in total. The van der Waals surface area contributed by atoms with Crippen molar-refractivity contribution in [2.75, 3.05) is 19.6 Å². The van der Waals surface area contributed by atoms with Gasteiger partial charge in [-0.05, 0) is 19.1 Å². The quantitative estimate of drug-likeness (QED) is 0.867. The van der Waals surface area contributed by atoms with E-state index in [9.17, 15) is 4.79 Å². The maximum Gasteiger partial charge on any atom is 0.280 e. The summed E-state index contributed by atoms with van der Waals surface area (Å²) in [6.45, 7) is 1.85. The fraction of sp³-hybridized carbons (Fsp3) is 0.333. The standard InChI is InChI=1S/C12H15N3O2/c1-8(17-3)11-14-10-7-5-4-6-9(10)12(16)15(11)13-2/h4-8,13H,1-3H3/t8-/m0/s1. The van der Waals surface area contributed by atoms with Crippen molar-refractivity contribution < 1.29 is 4.74 Å². The summed E-state index contributed by atoms with van der Waals surface area (Å²) in [4.78, 5) is 16.7. The van der Waals surface area contributed by atoms with Gasteiger partial charge in [0.15, 0.2) is 5.82 Å². The largest absolute Gasteiger partial charge is 0.374 e. The third kappa shape index (κ3) is 1.89. The molecular formula is C12H15N3O2. The molecule has 0 bridgehead atoms. The van der Waals surface area contributed by atoms with Crippen LogP contribution in [0.15, 0.2) is 29.1 Å². The maximum atomic E-state index is 12.2. The molecule has 1 atom stereocenters. The van der Waals surface area contributed by atoms with Crippen LogP contribution in [-0.2, 0) is 4.74 Å². The molecule has 0 aliphatic carbocycles. The molecule has 0 saturated heterocycles. The maximum absolute atomic E-state index is 12.2. The predicted octanol–water partition coefficient (Wildman–Crippen LogP) is 1.28. The first-order valence-electron chi connectivity index (χ1n) is 5.41. The number of fused-ring (bicyclic) bond motifs is 1. The average molecular weight is 233 g/mol. The van der Waals surface area contributed by atoms with Crippen molar-refractivity contribution in [3.05, 3.63) is 40.4 Å². The number of methoxy groups -OCH3 is 1. The Labute approximate surface area is 99.0 Å². The summed E-state index contributed by atoms with van der Waals surface area (Å²) in [6, 6.07) is 7.27. The number of hydrogen-bond donors (Lipinski definition) is 1. The van der Waals surface area contributed by atoms with Gasteiger partial charge in [-0.1, -0.05) is 12.1 Å². The minimum absolute atomic E-state index is 0.114. The van der Waals surface area contributed by atoms with Crippen molar-refractivity contribution in [3.8, 4) is 0 Å². The van der Waals surface area contributed by atoms with Crippen molar-refractivity contribution in [2.24, 2.45) is 0 Å². The van der Waals surface area contributed by atoms with Crippen molar-refractivity contribution >= 4 is 10.9 Å². The minimum atomic E-state index is -0.250. The smallest absolute Gasteiger partial charge is 0.280 e. The van der Waals surface area contributed by atoms with Gasteiger partial charge >= 0.3 is 0 Å². The number of aromatic nitrogens is 2. The zero-order valence-electron chi connectivity index (χ0n) is 10.1. The van der Waals surface area contributed by atoms with Gasteiger partial charge in [0.1, 0.15) is 6.10 Å². The normalized spacial score (nSPS) is 12.6. The molecule has 1 aromatic carbocycles. The molecule has 1 N–H and O–H groups in total. The molecule has 0 fully saturated rings. The summed E-state index contributed by atoms with van der Waals surface area (Å²) in [5.41, 5.74) is 3.40. The molecule has 90 valence electrons. The number of nitrogens with zero attached hydrogens (tertiary/aromatic N) is 2. The lowest BCUT2D eigenvalue weighted by atomic mass is 10.2. The SMILES string of the molecule is CNn1c([C@H](C)OC)nc2ccccc2c1=O. The first-order valence-corrected chi connectivity index (χ1v) is 5.41. The lowest BCUT2D eigenvalue weighted by molar-refractivity contribution is 0.109. The molecule has 5 heteroatoms. The van der Waals surface area contributed by atoms with Crippen LogP contribution < -0.4 is 11.0 Å². The Kier molecular flexibility index (Phi) is 3.10. The Morgan fingerprint density at radius 2 is 2.12 bits per heavy atom. The van der Waals surface area contributed by atoms with E-state index in [1.807, 2.05) is 25.1 Å². The van der Waals surface area contributed by atoms with Crippen LogP contribution in [0.2, 0.25) is 0 Å². The molecule has 2 aromatic rings. The van der Waals surface area contributed by atoms with Gasteiger partial charge in [-0.15, -0.1) is 0 Å². The van der Waals surface area contributed by atoms with E-state index in [-0.39, 0.29) is 11.7 Å².